The number of rotatable bonds is 5. The van der Waals surface area contributed by atoms with Gasteiger partial charge in [-0.2, -0.15) is 4.98 Å². The van der Waals surface area contributed by atoms with Crippen molar-refractivity contribution in [2.24, 2.45) is 12.8 Å². The zero-order chi connectivity index (χ0) is 13.2. The van der Waals surface area contributed by atoms with E-state index >= 15 is 0 Å². The molecule has 0 amide bonds. The largest absolute Gasteiger partial charge is 0.376 e. The highest BCUT2D eigenvalue weighted by atomic mass is 16.5. The van der Waals surface area contributed by atoms with Crippen molar-refractivity contribution >= 4 is 0 Å². The number of hydrogen-bond donors (Lipinski definition) is 1. The molecule has 1 saturated carbocycles. The summed E-state index contributed by atoms with van der Waals surface area (Å²) in [6.45, 7) is 0.422. The number of ether oxygens (including phenoxy) is 1. The molecule has 0 saturated heterocycles. The van der Waals surface area contributed by atoms with Crippen LogP contribution in [-0.4, -0.2) is 32.4 Å². The molecule has 3 rings (SSSR count). The molecular formula is C12H17N5O2. The van der Waals surface area contributed by atoms with Crippen molar-refractivity contribution in [3.63, 3.8) is 0 Å². The summed E-state index contributed by atoms with van der Waals surface area (Å²) in [5.41, 5.74) is 6.63. The van der Waals surface area contributed by atoms with E-state index in [1.54, 1.807) is 6.33 Å². The zero-order valence-electron chi connectivity index (χ0n) is 10.8. The molecule has 7 nitrogen and oxygen atoms in total. The number of nitrogens with zero attached hydrogens (tertiary/aromatic N) is 4. The second kappa shape index (κ2) is 5.10. The first kappa shape index (κ1) is 12.3. The molecule has 102 valence electrons. The van der Waals surface area contributed by atoms with Crippen LogP contribution in [0, 0.1) is 0 Å². The Bertz CT molecular complexity index is 546. The minimum Gasteiger partial charge on any atom is -0.376 e. The number of nitrogens with two attached hydrogens (primary N) is 1. The maximum absolute atomic E-state index is 5.98. The van der Waals surface area contributed by atoms with Gasteiger partial charge in [0, 0.05) is 13.2 Å². The third kappa shape index (κ3) is 2.66. The van der Waals surface area contributed by atoms with E-state index in [0.29, 0.717) is 30.1 Å². The molecule has 0 spiro atoms. The van der Waals surface area contributed by atoms with Crippen molar-refractivity contribution in [1.29, 1.82) is 0 Å². The molecule has 2 aromatic heterocycles. The van der Waals surface area contributed by atoms with Crippen LogP contribution >= 0.6 is 0 Å². The summed E-state index contributed by atoms with van der Waals surface area (Å²) < 4.78 is 12.6. The Hall–Kier alpha value is -1.73. The van der Waals surface area contributed by atoms with E-state index < -0.39 is 0 Å². The van der Waals surface area contributed by atoms with Crippen LogP contribution in [0.15, 0.2) is 17.0 Å². The lowest BCUT2D eigenvalue weighted by Crippen LogP contribution is -2.27. The maximum atomic E-state index is 5.98. The molecule has 0 aromatic carbocycles. The first-order valence-electron chi connectivity index (χ1n) is 6.41. The van der Waals surface area contributed by atoms with Gasteiger partial charge in [0.15, 0.2) is 5.82 Å². The van der Waals surface area contributed by atoms with E-state index in [1.165, 1.54) is 6.42 Å². The van der Waals surface area contributed by atoms with Gasteiger partial charge in [0.25, 0.3) is 5.89 Å². The molecule has 1 aliphatic carbocycles. The summed E-state index contributed by atoms with van der Waals surface area (Å²) >= 11 is 0. The van der Waals surface area contributed by atoms with Gasteiger partial charge in [-0.1, -0.05) is 5.16 Å². The first-order chi connectivity index (χ1) is 9.22. The second-order valence-electron chi connectivity index (χ2n) is 4.87. The molecule has 1 fully saturated rings. The molecular weight excluding hydrogens is 246 g/mol. The first-order valence-corrected chi connectivity index (χ1v) is 6.41. The van der Waals surface area contributed by atoms with Crippen molar-refractivity contribution in [3.05, 3.63) is 18.3 Å². The van der Waals surface area contributed by atoms with Gasteiger partial charge in [0.05, 0.1) is 25.1 Å². The monoisotopic (exact) mass is 263 g/mol. The van der Waals surface area contributed by atoms with Crippen molar-refractivity contribution in [2.75, 3.05) is 6.61 Å². The van der Waals surface area contributed by atoms with Crippen LogP contribution in [0.5, 0.6) is 0 Å². The lowest BCUT2D eigenvalue weighted by molar-refractivity contribution is -0.00549. The highest BCUT2D eigenvalue weighted by molar-refractivity contribution is 5.44. The average molecular weight is 263 g/mol. The van der Waals surface area contributed by atoms with Gasteiger partial charge >= 0.3 is 0 Å². The Kier molecular flexibility index (Phi) is 3.31. The van der Waals surface area contributed by atoms with Gasteiger partial charge in [0.1, 0.15) is 5.69 Å². The van der Waals surface area contributed by atoms with Crippen LogP contribution in [0.4, 0.5) is 0 Å². The minimum atomic E-state index is -0.359. The maximum Gasteiger partial charge on any atom is 0.278 e. The Balaban J connectivity index is 1.63. The van der Waals surface area contributed by atoms with Crippen LogP contribution in [0.25, 0.3) is 11.6 Å². The van der Waals surface area contributed by atoms with Crippen molar-refractivity contribution in [2.45, 2.75) is 31.4 Å². The highest BCUT2D eigenvalue weighted by Crippen LogP contribution is 2.23. The van der Waals surface area contributed by atoms with Crippen molar-refractivity contribution < 1.29 is 9.26 Å². The summed E-state index contributed by atoms with van der Waals surface area (Å²) in [4.78, 5) is 8.41. The van der Waals surface area contributed by atoms with Gasteiger partial charge in [-0.25, -0.2) is 4.98 Å². The summed E-state index contributed by atoms with van der Waals surface area (Å²) in [5, 5.41) is 3.88. The SMILES string of the molecule is Cn1cnc(-c2nc(C(N)COC3CCC3)no2)c1. The Morgan fingerprint density at radius 1 is 1.58 bits per heavy atom. The molecule has 1 atom stereocenters. The van der Waals surface area contributed by atoms with Crippen LogP contribution in [0.1, 0.15) is 31.1 Å². The predicted molar refractivity (Wildman–Crippen MR) is 67.0 cm³/mol. The average Bonchev–Trinajstić information content (AvgIpc) is 2.94. The van der Waals surface area contributed by atoms with E-state index in [9.17, 15) is 0 Å². The Morgan fingerprint density at radius 2 is 2.42 bits per heavy atom. The molecule has 0 aliphatic heterocycles. The molecule has 1 unspecified atom stereocenters. The third-order valence-electron chi connectivity index (χ3n) is 3.26. The molecule has 0 bridgehead atoms. The lowest BCUT2D eigenvalue weighted by Gasteiger charge is -2.26. The number of aromatic nitrogens is 4. The van der Waals surface area contributed by atoms with Crippen molar-refractivity contribution in [1.82, 2.24) is 19.7 Å². The third-order valence-corrected chi connectivity index (χ3v) is 3.26. The molecule has 2 N–H and O–H groups in total. The van der Waals surface area contributed by atoms with Crippen LogP contribution in [-0.2, 0) is 11.8 Å². The Morgan fingerprint density at radius 3 is 3.05 bits per heavy atom. The van der Waals surface area contributed by atoms with Crippen LogP contribution in [0.2, 0.25) is 0 Å². The summed E-state index contributed by atoms with van der Waals surface area (Å²) in [7, 11) is 1.88. The van der Waals surface area contributed by atoms with Crippen LogP contribution < -0.4 is 5.73 Å². The standard InChI is InChI=1S/C12H17N5O2/c1-17-5-10(14-7-17)12-15-11(16-19-12)9(13)6-18-8-3-2-4-8/h5,7-9H,2-4,6,13H2,1H3. The fourth-order valence-corrected chi connectivity index (χ4v) is 1.86. The molecule has 7 heteroatoms. The topological polar surface area (TPSA) is 92.0 Å². The van der Waals surface area contributed by atoms with Crippen LogP contribution in [0.3, 0.4) is 0 Å². The second-order valence-corrected chi connectivity index (χ2v) is 4.87. The predicted octanol–water partition coefficient (Wildman–Crippen LogP) is 1.04. The summed E-state index contributed by atoms with van der Waals surface area (Å²) in [6, 6.07) is -0.359. The van der Waals surface area contributed by atoms with E-state index in [-0.39, 0.29) is 6.04 Å². The lowest BCUT2D eigenvalue weighted by atomic mass is 9.96. The van der Waals surface area contributed by atoms with Crippen molar-refractivity contribution in [3.8, 4) is 11.6 Å². The smallest absolute Gasteiger partial charge is 0.278 e. The van der Waals surface area contributed by atoms with E-state index in [2.05, 4.69) is 15.1 Å². The van der Waals surface area contributed by atoms with Gasteiger partial charge < -0.3 is 19.6 Å². The number of hydrogen-bond acceptors (Lipinski definition) is 6. The van der Waals surface area contributed by atoms with Gasteiger partial charge in [-0.3, -0.25) is 0 Å². The molecule has 0 radical (unpaired) electrons. The fraction of sp³-hybridized carbons (Fsp3) is 0.583. The zero-order valence-corrected chi connectivity index (χ0v) is 10.8. The fourth-order valence-electron chi connectivity index (χ4n) is 1.86. The summed E-state index contributed by atoms with van der Waals surface area (Å²) in [5.74, 6) is 0.842. The van der Waals surface area contributed by atoms with E-state index in [0.717, 1.165) is 12.8 Å². The van der Waals surface area contributed by atoms with E-state index in [1.807, 2.05) is 17.8 Å². The number of imidazole rings is 1. The summed E-state index contributed by atoms with van der Waals surface area (Å²) in [6.07, 6.45) is 7.34. The quantitative estimate of drug-likeness (QED) is 0.866. The number of aryl methyl sites for hydroxylation is 1. The van der Waals surface area contributed by atoms with Gasteiger partial charge in [0.2, 0.25) is 0 Å². The Labute approximate surface area is 110 Å². The molecule has 2 heterocycles. The van der Waals surface area contributed by atoms with Gasteiger partial charge in [-0.15, -0.1) is 0 Å². The minimum absolute atomic E-state index is 0.355. The van der Waals surface area contributed by atoms with E-state index in [4.69, 9.17) is 15.0 Å². The molecule has 1 aliphatic rings. The normalized spacial score (nSPS) is 17.4. The molecule has 2 aromatic rings. The molecule has 19 heavy (non-hydrogen) atoms. The highest BCUT2D eigenvalue weighted by Gasteiger charge is 2.21. The van der Waals surface area contributed by atoms with Gasteiger partial charge in [-0.05, 0) is 19.3 Å².